The van der Waals surface area contributed by atoms with Gasteiger partial charge in [-0.1, -0.05) is 36.4 Å². The van der Waals surface area contributed by atoms with Gasteiger partial charge in [-0.15, -0.1) is 0 Å². The van der Waals surface area contributed by atoms with Gasteiger partial charge in [0, 0.05) is 0 Å². The van der Waals surface area contributed by atoms with Crippen LogP contribution in [0.2, 0.25) is 0 Å². The first-order valence-electron chi connectivity index (χ1n) is 8.47. The molecule has 0 spiro atoms. The van der Waals surface area contributed by atoms with Gasteiger partial charge >= 0.3 is 0 Å². The van der Waals surface area contributed by atoms with Gasteiger partial charge in [-0.25, -0.2) is 0 Å². The molecule has 0 saturated heterocycles. The molecule has 0 unspecified atom stereocenters. The van der Waals surface area contributed by atoms with E-state index in [0.717, 1.165) is 16.7 Å². The number of benzene rings is 2. The highest BCUT2D eigenvalue weighted by molar-refractivity contribution is 5.87. The summed E-state index contributed by atoms with van der Waals surface area (Å²) in [6.45, 7) is 17.7. The molecule has 0 amide bonds. The lowest BCUT2D eigenvalue weighted by Crippen LogP contribution is -2.51. The third-order valence-electron chi connectivity index (χ3n) is 4.98. The van der Waals surface area contributed by atoms with Crippen molar-refractivity contribution < 1.29 is 9.84 Å². The molecule has 0 fully saturated rings. The van der Waals surface area contributed by atoms with Crippen LogP contribution in [0.4, 0.5) is 0 Å². The Morgan fingerprint density at radius 3 is 1.92 bits per heavy atom. The second-order valence-electron chi connectivity index (χ2n) is 8.21. The summed E-state index contributed by atoms with van der Waals surface area (Å²) in [6, 6.07) is 12.7. The third kappa shape index (κ3) is 3.55. The Labute approximate surface area is 146 Å². The van der Waals surface area contributed by atoms with E-state index < -0.39 is 16.8 Å². The lowest BCUT2D eigenvalue weighted by Gasteiger charge is -2.44. The summed E-state index contributed by atoms with van der Waals surface area (Å²) in [7, 11) is 0. The fourth-order valence-electron chi connectivity index (χ4n) is 2.91. The maximum atomic E-state index is 10.5. The summed E-state index contributed by atoms with van der Waals surface area (Å²) >= 11 is 0. The number of hydrogen-bond acceptors (Lipinski definition) is 2. The molecule has 1 N–H and O–H groups in total. The zero-order chi connectivity index (χ0) is 18.3. The number of ether oxygens (including phenoxy) is 1. The molecule has 2 nitrogen and oxygen atoms in total. The topological polar surface area (TPSA) is 29.5 Å². The van der Waals surface area contributed by atoms with Crippen molar-refractivity contribution in [2.75, 3.05) is 0 Å². The van der Waals surface area contributed by atoms with Crippen molar-refractivity contribution in [1.82, 2.24) is 0 Å². The Hall–Kier alpha value is -1.64. The van der Waals surface area contributed by atoms with Crippen LogP contribution >= 0.6 is 0 Å². The van der Waals surface area contributed by atoms with Gasteiger partial charge in [-0.05, 0) is 82.5 Å². The fraction of sp³-hybridized carbons (Fsp3) is 0.455. The molecule has 0 aliphatic heterocycles. The van der Waals surface area contributed by atoms with E-state index in [1.165, 1.54) is 10.8 Å². The minimum atomic E-state index is -0.954. The predicted molar refractivity (Wildman–Crippen MR) is 103 cm³/mol. The van der Waals surface area contributed by atoms with Crippen molar-refractivity contribution >= 4 is 16.3 Å². The lowest BCUT2D eigenvalue weighted by atomic mass is 9.84. The summed E-state index contributed by atoms with van der Waals surface area (Å²) in [4.78, 5) is 0. The van der Waals surface area contributed by atoms with E-state index in [-0.39, 0.29) is 0 Å². The highest BCUT2D eigenvalue weighted by atomic mass is 16.5. The molecule has 0 bridgehead atoms. The minimum absolute atomic E-state index is 0.568. The Bertz CT molecular complexity index is 761. The number of hydrogen-bond donors (Lipinski definition) is 1. The molecule has 24 heavy (non-hydrogen) atoms. The fourth-order valence-corrected chi connectivity index (χ4v) is 2.91. The average Bonchev–Trinajstić information content (AvgIpc) is 2.43. The van der Waals surface area contributed by atoms with E-state index in [1.54, 1.807) is 13.8 Å². The molecule has 2 aromatic carbocycles. The second-order valence-corrected chi connectivity index (χ2v) is 8.21. The Morgan fingerprint density at radius 1 is 0.958 bits per heavy atom. The molecule has 0 heterocycles. The van der Waals surface area contributed by atoms with Crippen LogP contribution in [0.3, 0.4) is 0 Å². The van der Waals surface area contributed by atoms with Crippen LogP contribution in [0.1, 0.15) is 59.6 Å². The van der Waals surface area contributed by atoms with Crippen molar-refractivity contribution in [1.29, 1.82) is 0 Å². The highest BCUT2D eigenvalue weighted by Gasteiger charge is 2.41. The van der Waals surface area contributed by atoms with Crippen LogP contribution < -0.4 is 0 Å². The molecule has 0 saturated carbocycles. The molecule has 2 heteroatoms. The molecule has 0 atom stereocenters. The second kappa shape index (κ2) is 6.02. The predicted octanol–water partition coefficient (Wildman–Crippen LogP) is 5.67. The molecular weight excluding hydrogens is 296 g/mol. The van der Waals surface area contributed by atoms with E-state index in [0.29, 0.717) is 0 Å². The van der Waals surface area contributed by atoms with Crippen molar-refractivity contribution in [2.24, 2.45) is 0 Å². The molecule has 2 rings (SSSR count). The van der Waals surface area contributed by atoms with Crippen molar-refractivity contribution in [3.63, 3.8) is 0 Å². The Morgan fingerprint density at radius 2 is 1.46 bits per heavy atom. The normalized spacial score (nSPS) is 13.3. The number of rotatable bonds is 5. The SMILES string of the molecule is C=C(C)c1cc2ccccc2cc1C(C)(C)OC(C)(C)C(C)(C)O. The van der Waals surface area contributed by atoms with Gasteiger partial charge in [-0.2, -0.15) is 0 Å². The van der Waals surface area contributed by atoms with Gasteiger partial charge in [0.25, 0.3) is 0 Å². The highest BCUT2D eigenvalue weighted by Crippen LogP contribution is 2.39. The van der Waals surface area contributed by atoms with Gasteiger partial charge in [0.2, 0.25) is 0 Å². The first-order valence-corrected chi connectivity index (χ1v) is 8.47. The van der Waals surface area contributed by atoms with Crippen molar-refractivity contribution in [3.05, 3.63) is 54.1 Å². The average molecular weight is 326 g/mol. The first kappa shape index (κ1) is 18.7. The third-order valence-corrected chi connectivity index (χ3v) is 4.98. The monoisotopic (exact) mass is 326 g/mol. The first-order chi connectivity index (χ1) is 10.8. The molecule has 0 aromatic heterocycles. The summed E-state index contributed by atoms with van der Waals surface area (Å²) in [5.74, 6) is 0. The number of fused-ring (bicyclic) bond motifs is 1. The molecular formula is C22H30O2. The standard InChI is InChI=1S/C22H30O2/c1-15(2)18-13-16-11-9-10-12-17(16)14-19(18)20(3,4)24-22(7,8)21(5,6)23/h9-14,23H,1H2,2-8H3. The van der Waals surface area contributed by atoms with E-state index in [1.807, 2.05) is 32.9 Å². The Balaban J connectivity index is 2.60. The van der Waals surface area contributed by atoms with Crippen LogP contribution in [0.25, 0.3) is 16.3 Å². The Kier molecular flexibility index (Phi) is 4.69. The lowest BCUT2D eigenvalue weighted by molar-refractivity contribution is -0.207. The quantitative estimate of drug-likeness (QED) is 0.766. The maximum Gasteiger partial charge on any atom is 0.0918 e. The van der Waals surface area contributed by atoms with E-state index in [4.69, 9.17) is 4.74 Å². The largest absolute Gasteiger partial charge is 0.387 e. The van der Waals surface area contributed by atoms with Crippen LogP contribution in [0, 0.1) is 0 Å². The van der Waals surface area contributed by atoms with Crippen LogP contribution in [-0.2, 0) is 10.3 Å². The molecule has 0 aliphatic rings. The molecule has 2 aromatic rings. The van der Waals surface area contributed by atoms with Crippen molar-refractivity contribution in [3.8, 4) is 0 Å². The van der Waals surface area contributed by atoms with E-state index >= 15 is 0 Å². The van der Waals surface area contributed by atoms with E-state index in [2.05, 4.69) is 44.7 Å². The summed E-state index contributed by atoms with van der Waals surface area (Å²) < 4.78 is 6.42. The summed E-state index contributed by atoms with van der Waals surface area (Å²) in [5.41, 5.74) is 0.977. The zero-order valence-corrected chi connectivity index (χ0v) is 16.0. The molecule has 130 valence electrons. The van der Waals surface area contributed by atoms with Gasteiger partial charge in [-0.3, -0.25) is 0 Å². The van der Waals surface area contributed by atoms with Crippen LogP contribution in [-0.4, -0.2) is 16.3 Å². The van der Waals surface area contributed by atoms with Crippen molar-refractivity contribution in [2.45, 2.75) is 65.3 Å². The number of aliphatic hydroxyl groups is 1. The van der Waals surface area contributed by atoms with Crippen LogP contribution in [0.15, 0.2) is 43.0 Å². The van der Waals surface area contributed by atoms with Gasteiger partial charge < -0.3 is 9.84 Å². The van der Waals surface area contributed by atoms with Gasteiger partial charge in [0.05, 0.1) is 16.8 Å². The molecule has 0 aliphatic carbocycles. The summed E-state index contributed by atoms with van der Waals surface area (Å²) in [5, 5.41) is 12.8. The minimum Gasteiger partial charge on any atom is -0.387 e. The number of allylic oxidation sites excluding steroid dienone is 1. The van der Waals surface area contributed by atoms with Crippen LogP contribution in [0.5, 0.6) is 0 Å². The summed E-state index contributed by atoms with van der Waals surface area (Å²) in [6.07, 6.45) is 0. The molecule has 0 radical (unpaired) electrons. The van der Waals surface area contributed by atoms with E-state index in [9.17, 15) is 5.11 Å². The maximum absolute atomic E-state index is 10.5. The smallest absolute Gasteiger partial charge is 0.0918 e. The van der Waals surface area contributed by atoms with Gasteiger partial charge in [0.15, 0.2) is 0 Å². The van der Waals surface area contributed by atoms with Gasteiger partial charge in [0.1, 0.15) is 0 Å². The zero-order valence-electron chi connectivity index (χ0n) is 16.0.